The molecule has 0 aromatic carbocycles. The maximum absolute atomic E-state index is 11.7. The lowest BCUT2D eigenvalue weighted by Crippen LogP contribution is -2.40. The molecule has 0 unspecified atom stereocenters. The summed E-state index contributed by atoms with van der Waals surface area (Å²) in [6.07, 6.45) is 3.13. The second-order valence-corrected chi connectivity index (χ2v) is 4.44. The number of hydrogen-bond donors (Lipinski definition) is 0. The van der Waals surface area contributed by atoms with Crippen LogP contribution in [0.3, 0.4) is 0 Å². The quantitative estimate of drug-likeness (QED) is 0.609. The molecule has 1 heterocycles. The van der Waals surface area contributed by atoms with Crippen LogP contribution in [0.5, 0.6) is 0 Å². The topological polar surface area (TPSA) is 55.8 Å². The first kappa shape index (κ1) is 15.1. The van der Waals surface area contributed by atoms with Crippen molar-refractivity contribution in [2.45, 2.75) is 32.6 Å². The zero-order valence-electron chi connectivity index (χ0n) is 11.2. The molecule has 1 amide bonds. The molecule has 0 radical (unpaired) electrons. The fraction of sp³-hybridized carbons (Fsp3) is 0.846. The van der Waals surface area contributed by atoms with Crippen LogP contribution >= 0.6 is 0 Å². The van der Waals surface area contributed by atoms with Crippen LogP contribution < -0.4 is 0 Å². The Morgan fingerprint density at radius 1 is 1.17 bits per heavy atom. The van der Waals surface area contributed by atoms with Crippen molar-refractivity contribution in [3.05, 3.63) is 0 Å². The highest BCUT2D eigenvalue weighted by Gasteiger charge is 2.20. The van der Waals surface area contributed by atoms with Gasteiger partial charge in [-0.15, -0.1) is 0 Å². The average molecular weight is 257 g/mol. The van der Waals surface area contributed by atoms with E-state index in [1.54, 1.807) is 4.90 Å². The van der Waals surface area contributed by atoms with Gasteiger partial charge in [0.2, 0.25) is 5.91 Å². The van der Waals surface area contributed by atoms with Gasteiger partial charge in [0.15, 0.2) is 0 Å². The summed E-state index contributed by atoms with van der Waals surface area (Å²) in [6, 6.07) is 0. The summed E-state index contributed by atoms with van der Waals surface area (Å²) in [6.45, 7) is 5.01. The molecule has 0 aromatic heterocycles. The Bertz CT molecular complexity index is 258. The first-order valence-electron chi connectivity index (χ1n) is 6.69. The molecule has 1 aliphatic rings. The first-order valence-corrected chi connectivity index (χ1v) is 6.69. The monoisotopic (exact) mass is 257 g/mol. The summed E-state index contributed by atoms with van der Waals surface area (Å²) in [5.74, 6) is 0.209. The Kier molecular flexibility index (Phi) is 7.60. The van der Waals surface area contributed by atoms with E-state index < -0.39 is 0 Å². The molecule has 1 rings (SSSR count). The SMILES string of the molecule is CCCCOCCOCC(=O)N1CCC(=O)CC1. The molecule has 0 N–H and O–H groups in total. The predicted octanol–water partition coefficient (Wildman–Crippen LogP) is 1.01. The van der Waals surface area contributed by atoms with Crippen molar-refractivity contribution in [3.8, 4) is 0 Å². The third-order valence-electron chi connectivity index (χ3n) is 2.91. The molecule has 0 saturated carbocycles. The van der Waals surface area contributed by atoms with Gasteiger partial charge in [0.1, 0.15) is 12.4 Å². The molecule has 0 aromatic rings. The lowest BCUT2D eigenvalue weighted by Gasteiger charge is -2.25. The molecular formula is C13H23NO4. The van der Waals surface area contributed by atoms with Gasteiger partial charge >= 0.3 is 0 Å². The summed E-state index contributed by atoms with van der Waals surface area (Å²) < 4.78 is 10.6. The van der Waals surface area contributed by atoms with E-state index in [9.17, 15) is 9.59 Å². The Morgan fingerprint density at radius 3 is 2.50 bits per heavy atom. The Morgan fingerprint density at radius 2 is 1.83 bits per heavy atom. The fourth-order valence-electron chi connectivity index (χ4n) is 1.72. The van der Waals surface area contributed by atoms with Crippen molar-refractivity contribution in [2.75, 3.05) is 39.5 Å². The van der Waals surface area contributed by atoms with Gasteiger partial charge in [0.05, 0.1) is 13.2 Å². The van der Waals surface area contributed by atoms with Crippen molar-refractivity contribution in [2.24, 2.45) is 0 Å². The number of carbonyl (C=O) groups excluding carboxylic acids is 2. The van der Waals surface area contributed by atoms with Crippen LogP contribution in [0.25, 0.3) is 0 Å². The van der Waals surface area contributed by atoms with E-state index in [-0.39, 0.29) is 18.3 Å². The van der Waals surface area contributed by atoms with Crippen LogP contribution in [-0.4, -0.2) is 56.1 Å². The minimum Gasteiger partial charge on any atom is -0.379 e. The number of unbranched alkanes of at least 4 members (excludes halogenated alkanes) is 1. The normalized spacial score (nSPS) is 16.1. The number of ketones is 1. The molecule has 5 heteroatoms. The smallest absolute Gasteiger partial charge is 0.248 e. The van der Waals surface area contributed by atoms with Crippen molar-refractivity contribution in [1.82, 2.24) is 4.90 Å². The average Bonchev–Trinajstić information content (AvgIpc) is 2.38. The van der Waals surface area contributed by atoms with Crippen LogP contribution in [-0.2, 0) is 19.1 Å². The van der Waals surface area contributed by atoms with Crippen LogP contribution in [0.15, 0.2) is 0 Å². The van der Waals surface area contributed by atoms with Gasteiger partial charge in [-0.25, -0.2) is 0 Å². The maximum Gasteiger partial charge on any atom is 0.248 e. The minimum absolute atomic E-state index is 0.0314. The number of rotatable bonds is 8. The van der Waals surface area contributed by atoms with E-state index in [0.29, 0.717) is 39.1 Å². The first-order chi connectivity index (χ1) is 8.74. The predicted molar refractivity (Wildman–Crippen MR) is 67.4 cm³/mol. The molecule has 18 heavy (non-hydrogen) atoms. The molecule has 1 saturated heterocycles. The zero-order valence-corrected chi connectivity index (χ0v) is 11.2. The van der Waals surface area contributed by atoms with Gasteiger partial charge in [-0.05, 0) is 6.42 Å². The van der Waals surface area contributed by atoms with Crippen LogP contribution in [0.1, 0.15) is 32.6 Å². The Balaban J connectivity index is 1.98. The second kappa shape index (κ2) is 9.05. The van der Waals surface area contributed by atoms with E-state index in [4.69, 9.17) is 9.47 Å². The largest absolute Gasteiger partial charge is 0.379 e. The number of ether oxygens (including phenoxy) is 2. The molecule has 0 bridgehead atoms. The number of nitrogens with zero attached hydrogens (tertiary/aromatic N) is 1. The van der Waals surface area contributed by atoms with Crippen molar-refractivity contribution in [3.63, 3.8) is 0 Å². The number of carbonyl (C=O) groups is 2. The highest BCUT2D eigenvalue weighted by Crippen LogP contribution is 2.05. The van der Waals surface area contributed by atoms with Gasteiger partial charge in [0.25, 0.3) is 0 Å². The fourth-order valence-corrected chi connectivity index (χ4v) is 1.72. The Labute approximate surface area is 108 Å². The summed E-state index contributed by atoms with van der Waals surface area (Å²) >= 11 is 0. The second-order valence-electron chi connectivity index (χ2n) is 4.44. The number of piperidine rings is 1. The van der Waals surface area contributed by atoms with Gasteiger partial charge in [0, 0.05) is 32.5 Å². The number of likely N-dealkylation sites (tertiary alicyclic amines) is 1. The maximum atomic E-state index is 11.7. The van der Waals surface area contributed by atoms with Crippen molar-refractivity contribution >= 4 is 11.7 Å². The van der Waals surface area contributed by atoms with E-state index in [0.717, 1.165) is 19.4 Å². The highest BCUT2D eigenvalue weighted by atomic mass is 16.5. The lowest BCUT2D eigenvalue weighted by atomic mass is 10.1. The highest BCUT2D eigenvalue weighted by molar-refractivity contribution is 5.83. The van der Waals surface area contributed by atoms with E-state index >= 15 is 0 Å². The van der Waals surface area contributed by atoms with Gasteiger partial charge in [-0.1, -0.05) is 13.3 Å². The van der Waals surface area contributed by atoms with E-state index in [2.05, 4.69) is 6.92 Å². The van der Waals surface area contributed by atoms with Gasteiger partial charge in [-0.2, -0.15) is 0 Å². The van der Waals surface area contributed by atoms with Crippen molar-refractivity contribution < 1.29 is 19.1 Å². The molecule has 104 valence electrons. The Hall–Kier alpha value is -0.940. The lowest BCUT2D eigenvalue weighted by molar-refractivity contribution is -0.139. The van der Waals surface area contributed by atoms with Gasteiger partial charge in [-0.3, -0.25) is 9.59 Å². The molecule has 0 spiro atoms. The molecule has 1 aliphatic heterocycles. The molecule has 0 atom stereocenters. The third-order valence-corrected chi connectivity index (χ3v) is 2.91. The molecular weight excluding hydrogens is 234 g/mol. The number of hydrogen-bond acceptors (Lipinski definition) is 4. The molecule has 0 aliphatic carbocycles. The third kappa shape index (κ3) is 6.12. The van der Waals surface area contributed by atoms with Crippen LogP contribution in [0, 0.1) is 0 Å². The summed E-state index contributed by atoms with van der Waals surface area (Å²) in [5, 5.41) is 0. The summed E-state index contributed by atoms with van der Waals surface area (Å²) in [7, 11) is 0. The minimum atomic E-state index is -0.0314. The molecule has 1 fully saturated rings. The van der Waals surface area contributed by atoms with E-state index in [1.165, 1.54) is 0 Å². The van der Waals surface area contributed by atoms with Crippen molar-refractivity contribution in [1.29, 1.82) is 0 Å². The van der Waals surface area contributed by atoms with Crippen LogP contribution in [0.4, 0.5) is 0 Å². The summed E-state index contributed by atoms with van der Waals surface area (Å²) in [4.78, 5) is 24.4. The van der Waals surface area contributed by atoms with Gasteiger partial charge < -0.3 is 14.4 Å². The number of amides is 1. The van der Waals surface area contributed by atoms with E-state index in [1.807, 2.05) is 0 Å². The summed E-state index contributed by atoms with van der Waals surface area (Å²) in [5.41, 5.74) is 0. The number of Topliss-reactive ketones (excluding diaryl/α,β-unsaturated/α-hetero) is 1. The van der Waals surface area contributed by atoms with Crippen LogP contribution in [0.2, 0.25) is 0 Å². The standard InChI is InChI=1S/C13H23NO4/c1-2-3-8-17-9-10-18-11-13(16)14-6-4-12(15)5-7-14/h2-11H2,1H3. The zero-order chi connectivity index (χ0) is 13.2. The molecule has 5 nitrogen and oxygen atoms in total.